The highest BCUT2D eigenvalue weighted by Gasteiger charge is 2.17. The van der Waals surface area contributed by atoms with Crippen molar-refractivity contribution in [2.45, 2.75) is 25.8 Å². The van der Waals surface area contributed by atoms with Gasteiger partial charge >= 0.3 is 5.97 Å². The van der Waals surface area contributed by atoms with Crippen LogP contribution in [0, 0.1) is 0 Å². The number of hydrogen-bond acceptors (Lipinski definition) is 3. The molecule has 1 unspecified atom stereocenters. The molecule has 98 valence electrons. The molecule has 0 bridgehead atoms. The number of anilines is 1. The monoisotopic (exact) mass is 250 g/mol. The Balaban J connectivity index is 2.86. The summed E-state index contributed by atoms with van der Waals surface area (Å²) in [6.45, 7) is 1.83. The molecule has 0 aliphatic rings. The Morgan fingerprint density at radius 3 is 2.56 bits per heavy atom. The average molecular weight is 250 g/mol. The average Bonchev–Trinajstić information content (AvgIpc) is 2.34. The number of carbonyl (C=O) groups excluding carboxylic acids is 1. The summed E-state index contributed by atoms with van der Waals surface area (Å²) in [6.07, 6.45) is 0.889. The third-order valence-corrected chi connectivity index (χ3v) is 2.68. The van der Waals surface area contributed by atoms with E-state index in [9.17, 15) is 9.59 Å². The van der Waals surface area contributed by atoms with Crippen molar-refractivity contribution in [2.24, 2.45) is 5.73 Å². The Morgan fingerprint density at radius 1 is 1.39 bits per heavy atom. The van der Waals surface area contributed by atoms with E-state index in [2.05, 4.69) is 0 Å². The van der Waals surface area contributed by atoms with Gasteiger partial charge in [-0.1, -0.05) is 12.1 Å². The van der Waals surface area contributed by atoms with Crippen LogP contribution in [0.1, 0.15) is 30.1 Å². The summed E-state index contributed by atoms with van der Waals surface area (Å²) in [5.41, 5.74) is 6.11. The molecule has 3 N–H and O–H groups in total. The van der Waals surface area contributed by atoms with Gasteiger partial charge in [-0.25, -0.2) is 4.79 Å². The summed E-state index contributed by atoms with van der Waals surface area (Å²) in [5, 5.41) is 9.06. The number of amides is 1. The summed E-state index contributed by atoms with van der Waals surface area (Å²) in [6, 6.07) is 6.39. The molecule has 1 aromatic rings. The smallest absolute Gasteiger partial charge is 0.337 e. The second-order valence-electron chi connectivity index (χ2n) is 4.29. The maximum absolute atomic E-state index is 11.9. The molecule has 0 radical (unpaired) electrons. The van der Waals surface area contributed by atoms with Crippen LogP contribution in [0.5, 0.6) is 0 Å². The fourth-order valence-electron chi connectivity index (χ4n) is 1.60. The van der Waals surface area contributed by atoms with Crippen LogP contribution in [-0.4, -0.2) is 30.1 Å². The molecule has 0 fully saturated rings. The number of carbonyl (C=O) groups is 2. The predicted octanol–water partition coefficient (Wildman–Crippen LogP) is 1.47. The zero-order chi connectivity index (χ0) is 13.7. The van der Waals surface area contributed by atoms with Crippen LogP contribution in [0.3, 0.4) is 0 Å². The summed E-state index contributed by atoms with van der Waals surface area (Å²) in [4.78, 5) is 24.3. The second-order valence-corrected chi connectivity index (χ2v) is 4.29. The number of benzene rings is 1. The molecule has 0 spiro atoms. The molecule has 1 aromatic carbocycles. The number of rotatable bonds is 5. The van der Waals surface area contributed by atoms with Gasteiger partial charge in [0.1, 0.15) is 0 Å². The van der Waals surface area contributed by atoms with Gasteiger partial charge in [0.25, 0.3) is 0 Å². The van der Waals surface area contributed by atoms with Gasteiger partial charge in [-0.2, -0.15) is 0 Å². The van der Waals surface area contributed by atoms with Gasteiger partial charge in [0.05, 0.1) is 11.3 Å². The van der Waals surface area contributed by atoms with Gasteiger partial charge in [0.15, 0.2) is 0 Å². The van der Waals surface area contributed by atoms with E-state index in [4.69, 9.17) is 10.8 Å². The predicted molar refractivity (Wildman–Crippen MR) is 69.7 cm³/mol. The molecule has 1 rings (SSSR count). The SMILES string of the molecule is CC(N)CCC(=O)N(C)c1ccccc1C(=O)O. The van der Waals surface area contributed by atoms with E-state index in [0.717, 1.165) is 0 Å². The van der Waals surface area contributed by atoms with Crippen molar-refractivity contribution in [2.75, 3.05) is 11.9 Å². The molecule has 1 atom stereocenters. The highest BCUT2D eigenvalue weighted by molar-refractivity contribution is 6.01. The molecular weight excluding hydrogens is 232 g/mol. The fraction of sp³-hybridized carbons (Fsp3) is 0.385. The van der Waals surface area contributed by atoms with Gasteiger partial charge < -0.3 is 15.7 Å². The van der Waals surface area contributed by atoms with E-state index < -0.39 is 5.97 Å². The van der Waals surface area contributed by atoms with Crippen LogP contribution < -0.4 is 10.6 Å². The molecule has 0 heterocycles. The van der Waals surface area contributed by atoms with E-state index in [1.807, 2.05) is 6.92 Å². The Labute approximate surface area is 106 Å². The van der Waals surface area contributed by atoms with Gasteiger partial charge in [0.2, 0.25) is 5.91 Å². The third kappa shape index (κ3) is 3.56. The van der Waals surface area contributed by atoms with Gasteiger partial charge in [-0.3, -0.25) is 4.79 Å². The number of carboxylic acids is 1. The van der Waals surface area contributed by atoms with Crippen LogP contribution >= 0.6 is 0 Å². The van der Waals surface area contributed by atoms with Gasteiger partial charge in [0, 0.05) is 19.5 Å². The first-order chi connectivity index (χ1) is 8.43. The first-order valence-corrected chi connectivity index (χ1v) is 5.78. The highest BCUT2D eigenvalue weighted by Crippen LogP contribution is 2.20. The molecule has 0 aliphatic heterocycles. The van der Waals surface area contributed by atoms with Gasteiger partial charge in [-0.05, 0) is 25.5 Å². The van der Waals surface area contributed by atoms with Crippen molar-refractivity contribution < 1.29 is 14.7 Å². The Bertz CT molecular complexity index is 444. The summed E-state index contributed by atoms with van der Waals surface area (Å²) in [7, 11) is 1.57. The minimum absolute atomic E-state index is 0.0444. The van der Waals surface area contributed by atoms with Crippen LogP contribution in [0.2, 0.25) is 0 Å². The molecule has 0 aromatic heterocycles. The van der Waals surface area contributed by atoms with Crippen LogP contribution in [0.25, 0.3) is 0 Å². The van der Waals surface area contributed by atoms with Crippen molar-refractivity contribution >= 4 is 17.6 Å². The number of nitrogens with zero attached hydrogens (tertiary/aromatic N) is 1. The van der Waals surface area contributed by atoms with Crippen molar-refractivity contribution in [1.29, 1.82) is 0 Å². The molecule has 0 saturated heterocycles. The Hall–Kier alpha value is -1.88. The first-order valence-electron chi connectivity index (χ1n) is 5.78. The quantitative estimate of drug-likeness (QED) is 0.829. The summed E-state index contributed by atoms with van der Waals surface area (Å²) < 4.78 is 0. The standard InChI is InChI=1S/C13H18N2O3/c1-9(14)7-8-12(16)15(2)11-6-4-3-5-10(11)13(17)18/h3-6,9H,7-8,14H2,1-2H3,(H,17,18). The summed E-state index contributed by atoms with van der Waals surface area (Å²) >= 11 is 0. The zero-order valence-electron chi connectivity index (χ0n) is 10.6. The lowest BCUT2D eigenvalue weighted by Gasteiger charge is -2.19. The normalized spacial score (nSPS) is 11.9. The molecule has 1 amide bonds. The molecule has 0 saturated carbocycles. The van der Waals surface area contributed by atoms with E-state index in [0.29, 0.717) is 18.5 Å². The van der Waals surface area contributed by atoms with Crippen LogP contribution in [0.4, 0.5) is 5.69 Å². The highest BCUT2D eigenvalue weighted by atomic mass is 16.4. The minimum atomic E-state index is -1.04. The van der Waals surface area contributed by atoms with Crippen LogP contribution in [0.15, 0.2) is 24.3 Å². The molecule has 5 heteroatoms. The van der Waals surface area contributed by atoms with E-state index >= 15 is 0 Å². The minimum Gasteiger partial charge on any atom is -0.478 e. The molecule has 0 aliphatic carbocycles. The second kappa shape index (κ2) is 6.16. The third-order valence-electron chi connectivity index (χ3n) is 2.68. The maximum Gasteiger partial charge on any atom is 0.337 e. The number of nitrogens with two attached hydrogens (primary N) is 1. The number of aromatic carboxylic acids is 1. The number of carboxylic acid groups (broad SMARTS) is 1. The van der Waals surface area contributed by atoms with Crippen molar-refractivity contribution in [3.63, 3.8) is 0 Å². The van der Waals surface area contributed by atoms with E-state index in [-0.39, 0.29) is 17.5 Å². The summed E-state index contributed by atoms with van der Waals surface area (Å²) in [5.74, 6) is -1.18. The van der Waals surface area contributed by atoms with Crippen molar-refractivity contribution in [3.05, 3.63) is 29.8 Å². The molecular formula is C13H18N2O3. The largest absolute Gasteiger partial charge is 0.478 e. The van der Waals surface area contributed by atoms with E-state index in [1.165, 1.54) is 11.0 Å². The topological polar surface area (TPSA) is 83.6 Å². The zero-order valence-corrected chi connectivity index (χ0v) is 10.6. The molecule has 18 heavy (non-hydrogen) atoms. The Morgan fingerprint density at radius 2 is 2.00 bits per heavy atom. The maximum atomic E-state index is 11.9. The fourth-order valence-corrected chi connectivity index (χ4v) is 1.60. The van der Waals surface area contributed by atoms with Crippen molar-refractivity contribution in [3.8, 4) is 0 Å². The first kappa shape index (κ1) is 14.2. The Kier molecular flexibility index (Phi) is 4.85. The van der Waals surface area contributed by atoms with Gasteiger partial charge in [-0.15, -0.1) is 0 Å². The number of hydrogen-bond donors (Lipinski definition) is 2. The lowest BCUT2D eigenvalue weighted by Crippen LogP contribution is -2.29. The lowest BCUT2D eigenvalue weighted by atomic mass is 10.1. The van der Waals surface area contributed by atoms with E-state index in [1.54, 1.807) is 25.2 Å². The van der Waals surface area contributed by atoms with Crippen LogP contribution in [-0.2, 0) is 4.79 Å². The number of para-hydroxylation sites is 1. The van der Waals surface area contributed by atoms with Crippen molar-refractivity contribution in [1.82, 2.24) is 0 Å². The lowest BCUT2D eigenvalue weighted by molar-refractivity contribution is -0.118. The molecule has 5 nitrogen and oxygen atoms in total.